The number of allylic oxidation sites excluding steroid dienone is 1. The lowest BCUT2D eigenvalue weighted by Crippen LogP contribution is -2.02. The molecule has 5 heteroatoms. The Bertz CT molecular complexity index is 566. The molecule has 1 rings (SSSR count). The van der Waals surface area contributed by atoms with Crippen LogP contribution in [-0.2, 0) is 14.6 Å². The smallest absolute Gasteiger partial charge is 0.335 e. The van der Waals surface area contributed by atoms with Crippen molar-refractivity contribution in [2.75, 3.05) is 6.26 Å². The van der Waals surface area contributed by atoms with Gasteiger partial charge in [0.1, 0.15) is 0 Å². The van der Waals surface area contributed by atoms with Crippen LogP contribution in [0, 0.1) is 5.92 Å². The Labute approximate surface area is 107 Å². The van der Waals surface area contributed by atoms with Gasteiger partial charge < -0.3 is 5.11 Å². The van der Waals surface area contributed by atoms with E-state index >= 15 is 0 Å². The summed E-state index contributed by atoms with van der Waals surface area (Å²) in [5.41, 5.74) is 0.689. The Kier molecular flexibility index (Phi) is 4.29. The normalized spacial score (nSPS) is 12.8. The Hall–Kier alpha value is -1.62. The zero-order valence-corrected chi connectivity index (χ0v) is 11.4. The molecular formula is C13H16O4S. The summed E-state index contributed by atoms with van der Waals surface area (Å²) in [7, 11) is -3.26. The van der Waals surface area contributed by atoms with Gasteiger partial charge in [-0.25, -0.2) is 13.2 Å². The van der Waals surface area contributed by atoms with Crippen LogP contribution in [0.4, 0.5) is 0 Å². The van der Waals surface area contributed by atoms with Crippen molar-refractivity contribution in [3.05, 3.63) is 35.9 Å². The van der Waals surface area contributed by atoms with Crippen molar-refractivity contribution in [1.29, 1.82) is 0 Å². The number of carboxylic acids is 1. The quantitative estimate of drug-likeness (QED) is 0.850. The minimum atomic E-state index is -3.26. The van der Waals surface area contributed by atoms with Gasteiger partial charge in [0, 0.05) is 6.26 Å². The lowest BCUT2D eigenvalue weighted by atomic mass is 10.0. The van der Waals surface area contributed by atoms with Crippen LogP contribution in [0.1, 0.15) is 19.4 Å². The van der Waals surface area contributed by atoms with Crippen LogP contribution >= 0.6 is 0 Å². The maximum absolute atomic E-state index is 11.3. The lowest BCUT2D eigenvalue weighted by Gasteiger charge is -2.06. The minimum absolute atomic E-state index is 0.102. The number of carboxylic acid groups (broad SMARTS) is 1. The third kappa shape index (κ3) is 3.70. The van der Waals surface area contributed by atoms with Crippen LogP contribution < -0.4 is 0 Å². The summed E-state index contributed by atoms with van der Waals surface area (Å²) in [5.74, 6) is -0.915. The summed E-state index contributed by atoms with van der Waals surface area (Å²) in [6, 6.07) is 5.86. The molecule has 0 heterocycles. The van der Waals surface area contributed by atoms with E-state index in [1.54, 1.807) is 6.08 Å². The Balaban J connectivity index is 3.22. The maximum Gasteiger partial charge on any atom is 0.335 e. The van der Waals surface area contributed by atoms with Gasteiger partial charge in [-0.1, -0.05) is 32.1 Å². The molecule has 1 N–H and O–H groups in total. The molecule has 0 aliphatic heterocycles. The predicted octanol–water partition coefficient (Wildman–Crippen LogP) is 2.21. The summed E-state index contributed by atoms with van der Waals surface area (Å²) in [6.07, 6.45) is 2.75. The highest BCUT2D eigenvalue weighted by atomic mass is 32.2. The molecule has 4 nitrogen and oxygen atoms in total. The van der Waals surface area contributed by atoms with Crippen molar-refractivity contribution in [2.24, 2.45) is 5.92 Å². The van der Waals surface area contributed by atoms with Gasteiger partial charge in [-0.2, -0.15) is 0 Å². The average Bonchev–Trinajstić information content (AvgIpc) is 2.24. The number of aliphatic carboxylic acids is 1. The first-order chi connectivity index (χ1) is 8.21. The molecule has 0 saturated carbocycles. The minimum Gasteiger partial charge on any atom is -0.478 e. The molecule has 0 radical (unpaired) electrons. The summed E-state index contributed by atoms with van der Waals surface area (Å²) >= 11 is 0. The second-order valence-corrected chi connectivity index (χ2v) is 6.44. The van der Waals surface area contributed by atoms with E-state index in [0.717, 1.165) is 6.26 Å². The zero-order chi connectivity index (χ0) is 13.9. The molecule has 0 amide bonds. The monoisotopic (exact) mass is 268 g/mol. The molecule has 0 aromatic heterocycles. The predicted molar refractivity (Wildman–Crippen MR) is 70.0 cm³/mol. The number of rotatable bonds is 4. The molecule has 1 aromatic rings. The molecule has 0 saturated heterocycles. The standard InChI is InChI=1S/C13H16O4S/c1-9(2)8-12(13(14)15)10-4-6-11(7-5-10)18(3,16)17/h4-9H,1-3H3,(H,14,15)/b12-8+. The van der Waals surface area contributed by atoms with Gasteiger partial charge in [-0.15, -0.1) is 0 Å². The van der Waals surface area contributed by atoms with E-state index in [-0.39, 0.29) is 16.4 Å². The fourth-order valence-corrected chi connectivity index (χ4v) is 2.14. The van der Waals surface area contributed by atoms with Crippen LogP contribution in [0.25, 0.3) is 5.57 Å². The van der Waals surface area contributed by atoms with E-state index in [1.165, 1.54) is 24.3 Å². The summed E-state index contributed by atoms with van der Waals surface area (Å²) in [4.78, 5) is 11.3. The second kappa shape index (κ2) is 5.35. The topological polar surface area (TPSA) is 71.4 Å². The fraction of sp³-hybridized carbons (Fsp3) is 0.308. The SMILES string of the molecule is CC(C)/C=C(/C(=O)O)c1ccc(S(C)(=O)=O)cc1. The first-order valence-electron chi connectivity index (χ1n) is 5.47. The Morgan fingerprint density at radius 2 is 1.72 bits per heavy atom. The van der Waals surface area contributed by atoms with Crippen LogP contribution in [0.2, 0.25) is 0 Å². The highest BCUT2D eigenvalue weighted by Crippen LogP contribution is 2.19. The highest BCUT2D eigenvalue weighted by Gasteiger charge is 2.12. The lowest BCUT2D eigenvalue weighted by molar-refractivity contribution is -0.130. The van der Waals surface area contributed by atoms with Gasteiger partial charge in [0.15, 0.2) is 9.84 Å². The molecule has 0 aliphatic carbocycles. The van der Waals surface area contributed by atoms with Gasteiger partial charge in [0.25, 0.3) is 0 Å². The van der Waals surface area contributed by atoms with Crippen molar-refractivity contribution in [3.63, 3.8) is 0 Å². The molecule has 0 bridgehead atoms. The largest absolute Gasteiger partial charge is 0.478 e. The average molecular weight is 268 g/mol. The number of benzene rings is 1. The molecule has 0 unspecified atom stereocenters. The van der Waals surface area contributed by atoms with Gasteiger partial charge in [0.2, 0.25) is 0 Å². The van der Waals surface area contributed by atoms with E-state index in [9.17, 15) is 13.2 Å². The van der Waals surface area contributed by atoms with E-state index in [0.29, 0.717) is 5.56 Å². The fourth-order valence-electron chi connectivity index (χ4n) is 1.51. The van der Waals surface area contributed by atoms with Gasteiger partial charge in [-0.05, 0) is 23.6 Å². The van der Waals surface area contributed by atoms with Crippen LogP contribution in [0.5, 0.6) is 0 Å². The van der Waals surface area contributed by atoms with Crippen LogP contribution in [0.15, 0.2) is 35.2 Å². The molecule has 98 valence electrons. The summed E-state index contributed by atoms with van der Waals surface area (Å²) in [5, 5.41) is 9.12. The third-order valence-corrected chi connectivity index (χ3v) is 3.45. The van der Waals surface area contributed by atoms with E-state index in [2.05, 4.69) is 0 Å². The number of sulfone groups is 1. The van der Waals surface area contributed by atoms with Crippen molar-refractivity contribution in [1.82, 2.24) is 0 Å². The summed E-state index contributed by atoms with van der Waals surface area (Å²) < 4.78 is 22.6. The molecule has 0 aliphatic rings. The molecule has 18 heavy (non-hydrogen) atoms. The maximum atomic E-state index is 11.3. The highest BCUT2D eigenvalue weighted by molar-refractivity contribution is 7.90. The van der Waals surface area contributed by atoms with Crippen LogP contribution in [-0.4, -0.2) is 25.7 Å². The van der Waals surface area contributed by atoms with Gasteiger partial charge in [-0.3, -0.25) is 0 Å². The van der Waals surface area contributed by atoms with Crippen LogP contribution in [0.3, 0.4) is 0 Å². The second-order valence-electron chi connectivity index (χ2n) is 4.43. The molecular weight excluding hydrogens is 252 g/mol. The van der Waals surface area contributed by atoms with Crippen molar-refractivity contribution in [3.8, 4) is 0 Å². The molecule has 0 spiro atoms. The van der Waals surface area contributed by atoms with Crippen molar-refractivity contribution < 1.29 is 18.3 Å². The van der Waals surface area contributed by atoms with E-state index in [1.807, 2.05) is 13.8 Å². The number of carbonyl (C=O) groups is 1. The Morgan fingerprint density at radius 1 is 1.22 bits per heavy atom. The summed E-state index contributed by atoms with van der Waals surface area (Å²) in [6.45, 7) is 3.77. The molecule has 0 fully saturated rings. The van der Waals surface area contributed by atoms with Gasteiger partial charge in [0.05, 0.1) is 10.5 Å². The molecule has 0 atom stereocenters. The van der Waals surface area contributed by atoms with Crippen molar-refractivity contribution >= 4 is 21.4 Å². The van der Waals surface area contributed by atoms with E-state index in [4.69, 9.17) is 5.11 Å². The molecule has 1 aromatic carbocycles. The first-order valence-corrected chi connectivity index (χ1v) is 7.36. The van der Waals surface area contributed by atoms with Crippen molar-refractivity contribution in [2.45, 2.75) is 18.7 Å². The van der Waals surface area contributed by atoms with Gasteiger partial charge >= 0.3 is 5.97 Å². The number of hydrogen-bond acceptors (Lipinski definition) is 3. The zero-order valence-electron chi connectivity index (χ0n) is 10.5. The first kappa shape index (κ1) is 14.4. The number of hydrogen-bond donors (Lipinski definition) is 1. The third-order valence-electron chi connectivity index (χ3n) is 2.32. The Morgan fingerprint density at radius 3 is 2.06 bits per heavy atom. The van der Waals surface area contributed by atoms with E-state index < -0.39 is 15.8 Å².